The van der Waals surface area contributed by atoms with Gasteiger partial charge in [0.15, 0.2) is 5.78 Å². The Kier molecular flexibility index (Phi) is 7.56. The fourth-order valence-corrected chi connectivity index (χ4v) is 5.05. The van der Waals surface area contributed by atoms with Crippen LogP contribution in [0, 0.1) is 22.9 Å². The molecule has 0 saturated carbocycles. The maximum atomic E-state index is 13.3. The molecule has 1 amide bonds. The third-order valence-electron chi connectivity index (χ3n) is 7.14. The van der Waals surface area contributed by atoms with Crippen molar-refractivity contribution in [3.63, 3.8) is 0 Å². The van der Waals surface area contributed by atoms with E-state index >= 15 is 0 Å². The van der Waals surface area contributed by atoms with Gasteiger partial charge in [0.05, 0.1) is 5.70 Å². The largest absolute Gasteiger partial charge is 0.382 e. The van der Waals surface area contributed by atoms with Crippen molar-refractivity contribution >= 4 is 40.2 Å². The normalized spacial score (nSPS) is 14.6. The van der Waals surface area contributed by atoms with Crippen LogP contribution in [0.2, 0.25) is 0 Å². The van der Waals surface area contributed by atoms with E-state index in [1.165, 1.54) is 29.8 Å². The van der Waals surface area contributed by atoms with Crippen molar-refractivity contribution in [2.24, 2.45) is 0 Å². The summed E-state index contributed by atoms with van der Waals surface area (Å²) in [4.78, 5) is 44.5. The summed E-state index contributed by atoms with van der Waals surface area (Å²) in [7, 11) is 0. The number of benzene rings is 2. The fraction of sp³-hybridized carbons (Fsp3) is 0.276. The molecule has 0 atom stereocenters. The van der Waals surface area contributed by atoms with Crippen molar-refractivity contribution < 1.29 is 18.9 Å². The van der Waals surface area contributed by atoms with Crippen LogP contribution in [0.25, 0.3) is 22.7 Å². The number of para-hydroxylation sites is 1. The van der Waals surface area contributed by atoms with Gasteiger partial charge in [-0.1, -0.05) is 30.3 Å². The van der Waals surface area contributed by atoms with Crippen molar-refractivity contribution in [1.29, 1.82) is 0 Å². The lowest BCUT2D eigenvalue weighted by atomic mass is 10.1. The number of nitrogens with zero attached hydrogens (tertiary/aromatic N) is 6. The minimum Gasteiger partial charge on any atom is -0.358 e. The predicted molar refractivity (Wildman–Crippen MR) is 149 cm³/mol. The quantitative estimate of drug-likeness (QED) is 0.188. The van der Waals surface area contributed by atoms with E-state index in [4.69, 9.17) is 0 Å². The second-order valence-corrected chi connectivity index (χ2v) is 9.87. The number of fused-ring (bicyclic) bond motifs is 1. The first-order valence-corrected chi connectivity index (χ1v) is 13.0. The summed E-state index contributed by atoms with van der Waals surface area (Å²) in [5.74, 6) is -0.554. The summed E-state index contributed by atoms with van der Waals surface area (Å²) in [5, 5.41) is 12.1. The van der Waals surface area contributed by atoms with E-state index in [1.807, 2.05) is 39.9 Å². The van der Waals surface area contributed by atoms with E-state index in [-0.39, 0.29) is 35.6 Å². The van der Waals surface area contributed by atoms with Gasteiger partial charge in [-0.15, -0.1) is 0 Å². The fourth-order valence-electron chi connectivity index (χ4n) is 5.05. The lowest BCUT2D eigenvalue weighted by molar-refractivity contribution is -0.389. The van der Waals surface area contributed by atoms with Crippen LogP contribution in [-0.2, 0) is 22.7 Å². The van der Waals surface area contributed by atoms with E-state index < -0.39 is 4.92 Å². The third-order valence-corrected chi connectivity index (χ3v) is 7.14. The maximum Gasteiger partial charge on any atom is 0.382 e. The monoisotopic (exact) mass is 544 g/mol. The first-order valence-electron chi connectivity index (χ1n) is 13.0. The Morgan fingerprint density at radius 3 is 2.40 bits per heavy atom. The SMILES string of the molecule is CC(=O)/C(=C/c1cn(CC(=O)N2CCN(Cc3ccc(F)cc3)CC2)c2ccccc12)n1cc([N+](=O)[O-])nc1C. The van der Waals surface area contributed by atoms with Gasteiger partial charge >= 0.3 is 5.82 Å². The van der Waals surface area contributed by atoms with Crippen LogP contribution in [0.5, 0.6) is 0 Å². The van der Waals surface area contributed by atoms with E-state index in [9.17, 15) is 24.1 Å². The lowest BCUT2D eigenvalue weighted by Crippen LogP contribution is -2.49. The number of rotatable bonds is 8. The number of piperazine rings is 1. The van der Waals surface area contributed by atoms with Crippen LogP contribution in [0.3, 0.4) is 0 Å². The molecule has 0 radical (unpaired) electrons. The number of halogens is 1. The molecular weight excluding hydrogens is 515 g/mol. The molecule has 2 aromatic carbocycles. The van der Waals surface area contributed by atoms with Crippen LogP contribution < -0.4 is 0 Å². The zero-order valence-corrected chi connectivity index (χ0v) is 22.3. The van der Waals surface area contributed by atoms with Crippen molar-refractivity contribution in [3.05, 3.63) is 93.8 Å². The molecule has 4 aromatic rings. The molecule has 1 aliphatic rings. The molecule has 10 nitrogen and oxygen atoms in total. The Morgan fingerprint density at radius 1 is 1.05 bits per heavy atom. The minimum absolute atomic E-state index is 0.00872. The Bertz CT molecular complexity index is 1610. The smallest absolute Gasteiger partial charge is 0.358 e. The van der Waals surface area contributed by atoms with Gasteiger partial charge in [0.1, 0.15) is 18.6 Å². The molecule has 0 spiro atoms. The molecule has 0 unspecified atom stereocenters. The number of carbonyl (C=O) groups is 2. The highest BCUT2D eigenvalue weighted by molar-refractivity contribution is 6.19. The summed E-state index contributed by atoms with van der Waals surface area (Å²) < 4.78 is 16.5. The molecule has 1 fully saturated rings. The number of allylic oxidation sites excluding steroid dienone is 1. The number of aryl methyl sites for hydroxylation is 1. The Balaban J connectivity index is 1.34. The number of ketones is 1. The Morgan fingerprint density at radius 2 is 1.75 bits per heavy atom. The number of hydrogen-bond acceptors (Lipinski definition) is 6. The lowest BCUT2D eigenvalue weighted by Gasteiger charge is -2.35. The second kappa shape index (κ2) is 11.2. The van der Waals surface area contributed by atoms with Gasteiger partial charge in [-0.3, -0.25) is 19.1 Å². The number of nitro groups is 1. The topological polar surface area (TPSA) is 107 Å². The molecule has 1 aliphatic heterocycles. The van der Waals surface area contributed by atoms with Crippen molar-refractivity contribution in [1.82, 2.24) is 23.9 Å². The molecule has 1 saturated heterocycles. The van der Waals surface area contributed by atoms with Crippen LogP contribution in [0.15, 0.2) is 60.9 Å². The molecule has 206 valence electrons. The van der Waals surface area contributed by atoms with Crippen molar-refractivity contribution in [2.45, 2.75) is 26.9 Å². The van der Waals surface area contributed by atoms with E-state index in [0.717, 1.165) is 29.6 Å². The average Bonchev–Trinajstić information content (AvgIpc) is 3.49. The first kappa shape index (κ1) is 26.9. The molecule has 3 heterocycles. The molecule has 11 heteroatoms. The van der Waals surface area contributed by atoms with E-state index in [2.05, 4.69) is 9.88 Å². The predicted octanol–water partition coefficient (Wildman–Crippen LogP) is 4.13. The zero-order chi connectivity index (χ0) is 28.4. The number of imidazole rings is 1. The third kappa shape index (κ3) is 5.69. The molecule has 5 rings (SSSR count). The summed E-state index contributed by atoms with van der Waals surface area (Å²) in [6, 6.07) is 14.1. The zero-order valence-electron chi connectivity index (χ0n) is 22.3. The summed E-state index contributed by atoms with van der Waals surface area (Å²) in [6.07, 6.45) is 4.75. The second-order valence-electron chi connectivity index (χ2n) is 9.87. The van der Waals surface area contributed by atoms with E-state index in [1.54, 1.807) is 25.1 Å². The summed E-state index contributed by atoms with van der Waals surface area (Å²) in [5.41, 5.74) is 2.83. The summed E-state index contributed by atoms with van der Waals surface area (Å²) >= 11 is 0. The van der Waals surface area contributed by atoms with Gasteiger partial charge in [-0.25, -0.2) is 4.39 Å². The molecule has 0 aliphatic carbocycles. The van der Waals surface area contributed by atoms with Gasteiger partial charge < -0.3 is 19.6 Å². The number of carbonyl (C=O) groups excluding carboxylic acids is 2. The van der Waals surface area contributed by atoms with Crippen LogP contribution >= 0.6 is 0 Å². The van der Waals surface area contributed by atoms with E-state index in [0.29, 0.717) is 31.0 Å². The van der Waals surface area contributed by atoms with Crippen molar-refractivity contribution in [3.8, 4) is 0 Å². The van der Waals surface area contributed by atoms with Gasteiger partial charge in [0.2, 0.25) is 11.7 Å². The number of Topliss-reactive ketones (excluding diaryl/α,β-unsaturated/α-hetero) is 1. The Labute approximate surface area is 230 Å². The highest BCUT2D eigenvalue weighted by Crippen LogP contribution is 2.26. The first-order chi connectivity index (χ1) is 19.2. The maximum absolute atomic E-state index is 13.3. The summed E-state index contributed by atoms with van der Waals surface area (Å²) in [6.45, 7) is 6.48. The molecule has 2 aromatic heterocycles. The highest BCUT2D eigenvalue weighted by Gasteiger charge is 2.23. The number of amides is 1. The van der Waals surface area contributed by atoms with Gasteiger partial charge in [0, 0.05) is 69.2 Å². The van der Waals surface area contributed by atoms with Gasteiger partial charge in [0.25, 0.3) is 0 Å². The van der Waals surface area contributed by atoms with Crippen LogP contribution in [0.1, 0.15) is 23.9 Å². The van der Waals surface area contributed by atoms with Crippen LogP contribution in [0.4, 0.5) is 10.2 Å². The van der Waals surface area contributed by atoms with Crippen LogP contribution in [-0.4, -0.2) is 66.7 Å². The number of hydrogen-bond donors (Lipinski definition) is 0. The molecule has 0 bridgehead atoms. The Hall–Kier alpha value is -4.64. The average molecular weight is 545 g/mol. The van der Waals surface area contributed by atoms with Crippen molar-refractivity contribution in [2.75, 3.05) is 26.2 Å². The van der Waals surface area contributed by atoms with Gasteiger partial charge in [-0.2, -0.15) is 0 Å². The molecule has 0 N–H and O–H groups in total. The van der Waals surface area contributed by atoms with Gasteiger partial charge in [-0.05, 0) is 39.7 Å². The molecule has 40 heavy (non-hydrogen) atoms. The number of aromatic nitrogens is 3. The molecular formula is C29H29FN6O4. The standard InChI is InChI=1S/C29H29FN6O4/c1-20(37)27(35-18-28(36(39)40)31-21(35)2)15-23-17-34(26-6-4-3-5-25(23)26)19-29(38)33-13-11-32(12-14-33)16-22-7-9-24(30)10-8-22/h3-10,15,17-18H,11-14,16,19H2,1-2H3/b27-15-. The minimum atomic E-state index is -0.596. The highest BCUT2D eigenvalue weighted by atomic mass is 19.1.